The molecule has 3 aliphatic rings. The molecule has 1 aliphatic carbocycles. The zero-order chi connectivity index (χ0) is 20.2. The Morgan fingerprint density at radius 3 is 2.76 bits per heavy atom. The molecule has 0 spiro atoms. The van der Waals surface area contributed by atoms with E-state index in [2.05, 4.69) is 28.1 Å². The van der Waals surface area contributed by atoms with Gasteiger partial charge in [-0.25, -0.2) is 10.9 Å². The molecule has 3 unspecified atom stereocenters. The highest BCUT2D eigenvalue weighted by atomic mass is 16.2. The van der Waals surface area contributed by atoms with Crippen molar-refractivity contribution < 1.29 is 9.59 Å². The van der Waals surface area contributed by atoms with E-state index < -0.39 is 0 Å². The lowest BCUT2D eigenvalue weighted by atomic mass is 9.87. The van der Waals surface area contributed by atoms with E-state index in [1.165, 1.54) is 12.8 Å². The summed E-state index contributed by atoms with van der Waals surface area (Å²) < 4.78 is 0. The topological polar surface area (TPSA) is 86.4 Å². The van der Waals surface area contributed by atoms with Crippen LogP contribution in [0.4, 0.5) is 0 Å². The van der Waals surface area contributed by atoms with Crippen molar-refractivity contribution in [1.82, 2.24) is 26.1 Å². The molecule has 3 fully saturated rings. The summed E-state index contributed by atoms with van der Waals surface area (Å²) in [4.78, 5) is 31.9. The van der Waals surface area contributed by atoms with Gasteiger partial charge in [0.1, 0.15) is 6.04 Å². The number of rotatable bonds is 4. The molecule has 1 aromatic rings. The Hall–Kier alpha value is -1.99. The first-order valence-electron chi connectivity index (χ1n) is 11.1. The Morgan fingerprint density at radius 1 is 1.17 bits per heavy atom. The number of nitrogens with one attached hydrogen (secondary N) is 3. The average molecular weight is 400 g/mol. The number of likely N-dealkylation sites (tertiary alicyclic amines) is 1. The van der Waals surface area contributed by atoms with Gasteiger partial charge in [0.2, 0.25) is 11.8 Å². The second-order valence-corrected chi connectivity index (χ2v) is 9.00. The average Bonchev–Trinajstić information content (AvgIpc) is 3.26. The van der Waals surface area contributed by atoms with Crippen LogP contribution in [0.1, 0.15) is 63.5 Å². The number of nitrogens with zero attached hydrogens (tertiary/aromatic N) is 2. The summed E-state index contributed by atoms with van der Waals surface area (Å²) in [6.45, 7) is 3.55. The molecule has 3 atom stereocenters. The number of carbonyl (C=O) groups is 2. The zero-order valence-corrected chi connectivity index (χ0v) is 17.3. The van der Waals surface area contributed by atoms with Crippen molar-refractivity contribution in [2.75, 3.05) is 13.1 Å². The fourth-order valence-electron chi connectivity index (χ4n) is 4.85. The van der Waals surface area contributed by atoms with Crippen LogP contribution in [-0.4, -0.2) is 46.9 Å². The van der Waals surface area contributed by atoms with E-state index in [0.717, 1.165) is 43.7 Å². The van der Waals surface area contributed by atoms with E-state index in [9.17, 15) is 9.59 Å². The van der Waals surface area contributed by atoms with Crippen molar-refractivity contribution in [1.29, 1.82) is 0 Å². The van der Waals surface area contributed by atoms with Gasteiger partial charge in [-0.2, -0.15) is 0 Å². The zero-order valence-electron chi connectivity index (χ0n) is 17.3. The highest BCUT2D eigenvalue weighted by Gasteiger charge is 2.36. The number of hydrogen-bond acceptors (Lipinski definition) is 5. The van der Waals surface area contributed by atoms with Gasteiger partial charge in [-0.15, -0.1) is 0 Å². The van der Waals surface area contributed by atoms with Gasteiger partial charge in [-0.3, -0.25) is 14.6 Å². The number of carbonyl (C=O) groups excluding carboxylic acids is 2. The largest absolute Gasteiger partial charge is 0.353 e. The maximum Gasteiger partial charge on any atom is 0.241 e. The molecule has 158 valence electrons. The van der Waals surface area contributed by atoms with E-state index in [4.69, 9.17) is 0 Å². The minimum atomic E-state index is -0.262. The van der Waals surface area contributed by atoms with Gasteiger partial charge in [-0.05, 0) is 62.5 Å². The molecule has 4 rings (SSSR count). The molecular weight excluding hydrogens is 366 g/mol. The third kappa shape index (κ3) is 4.95. The molecule has 0 aromatic carbocycles. The number of amides is 2. The number of hydrogen-bond donors (Lipinski definition) is 3. The third-order valence-corrected chi connectivity index (χ3v) is 6.75. The molecular formula is C22H33N5O2. The smallest absolute Gasteiger partial charge is 0.241 e. The van der Waals surface area contributed by atoms with E-state index >= 15 is 0 Å². The van der Waals surface area contributed by atoms with Crippen molar-refractivity contribution in [2.24, 2.45) is 11.8 Å². The van der Waals surface area contributed by atoms with Gasteiger partial charge < -0.3 is 10.2 Å². The Morgan fingerprint density at radius 2 is 2.00 bits per heavy atom. The molecule has 7 heteroatoms. The van der Waals surface area contributed by atoms with Gasteiger partial charge in [0, 0.05) is 37.6 Å². The molecule has 0 radical (unpaired) electrons. The minimum Gasteiger partial charge on any atom is -0.353 e. The van der Waals surface area contributed by atoms with Crippen molar-refractivity contribution in [2.45, 2.75) is 70.0 Å². The Bertz CT molecular complexity index is 704. The first-order valence-corrected chi connectivity index (χ1v) is 11.1. The van der Waals surface area contributed by atoms with Gasteiger partial charge in [0.05, 0.1) is 5.92 Å². The summed E-state index contributed by atoms with van der Waals surface area (Å²) in [5, 5.41) is 3.25. The maximum atomic E-state index is 13.0. The summed E-state index contributed by atoms with van der Waals surface area (Å²) in [7, 11) is 0. The number of piperidine rings is 1. The molecule has 3 N–H and O–H groups in total. The molecule has 0 bridgehead atoms. The molecule has 1 saturated carbocycles. The standard InChI is InChI=1S/C22H33N5O2/c1-15-6-8-18(9-7-15)24-21(28)17-5-3-11-27(14-17)22(29)20-12-19(25-26-20)16-4-2-10-23-13-16/h2,4,10,13,15,17-20,25-26H,3,5-9,11-12,14H2,1H3,(H,24,28). The second-order valence-electron chi connectivity index (χ2n) is 9.00. The van der Waals surface area contributed by atoms with E-state index in [0.29, 0.717) is 19.0 Å². The molecule has 1 aromatic heterocycles. The third-order valence-electron chi connectivity index (χ3n) is 6.75. The van der Waals surface area contributed by atoms with Gasteiger partial charge >= 0.3 is 0 Å². The first-order chi connectivity index (χ1) is 14.1. The Labute approximate surface area is 173 Å². The highest BCUT2D eigenvalue weighted by Crippen LogP contribution is 2.26. The molecule has 3 heterocycles. The monoisotopic (exact) mass is 399 g/mol. The first kappa shape index (κ1) is 20.3. The van der Waals surface area contributed by atoms with Crippen LogP contribution in [0.3, 0.4) is 0 Å². The van der Waals surface area contributed by atoms with E-state index in [1.54, 1.807) is 6.20 Å². The number of pyridine rings is 1. The Balaban J connectivity index is 1.29. The molecule has 7 nitrogen and oxygen atoms in total. The SMILES string of the molecule is CC1CCC(NC(=O)C2CCCN(C(=O)C3CC(c4cccnc4)NN3)C2)CC1. The van der Waals surface area contributed by atoms with Crippen LogP contribution in [0.25, 0.3) is 0 Å². The number of aromatic nitrogens is 1. The van der Waals surface area contributed by atoms with Crippen LogP contribution in [0, 0.1) is 11.8 Å². The summed E-state index contributed by atoms with van der Waals surface area (Å²) in [5.41, 5.74) is 7.44. The van der Waals surface area contributed by atoms with Crippen LogP contribution in [0.5, 0.6) is 0 Å². The molecule has 29 heavy (non-hydrogen) atoms. The lowest BCUT2D eigenvalue weighted by Gasteiger charge is -2.35. The second kappa shape index (κ2) is 9.22. The normalized spacial score (nSPS) is 32.7. The fourth-order valence-corrected chi connectivity index (χ4v) is 4.85. The van der Waals surface area contributed by atoms with Gasteiger partial charge in [0.15, 0.2) is 0 Å². The molecule has 2 aliphatic heterocycles. The quantitative estimate of drug-likeness (QED) is 0.720. The molecule has 2 saturated heterocycles. The van der Waals surface area contributed by atoms with Crippen LogP contribution in [0.2, 0.25) is 0 Å². The lowest BCUT2D eigenvalue weighted by Crippen LogP contribution is -2.52. The molecule has 2 amide bonds. The summed E-state index contributed by atoms with van der Waals surface area (Å²) >= 11 is 0. The Kier molecular flexibility index (Phi) is 6.45. The van der Waals surface area contributed by atoms with Crippen molar-refractivity contribution >= 4 is 11.8 Å². The predicted molar refractivity (Wildman–Crippen MR) is 111 cm³/mol. The fraction of sp³-hybridized carbons (Fsp3) is 0.682. The van der Waals surface area contributed by atoms with Crippen LogP contribution in [0.15, 0.2) is 24.5 Å². The van der Waals surface area contributed by atoms with Crippen LogP contribution < -0.4 is 16.2 Å². The summed E-state index contributed by atoms with van der Waals surface area (Å²) in [6.07, 6.45) is 10.6. The minimum absolute atomic E-state index is 0.0789. The number of hydrazine groups is 1. The van der Waals surface area contributed by atoms with E-state index in [-0.39, 0.29) is 29.8 Å². The predicted octanol–water partition coefficient (Wildman–Crippen LogP) is 1.92. The van der Waals surface area contributed by atoms with Crippen molar-refractivity contribution in [3.8, 4) is 0 Å². The maximum absolute atomic E-state index is 13.0. The van der Waals surface area contributed by atoms with E-state index in [1.807, 2.05) is 23.2 Å². The van der Waals surface area contributed by atoms with Crippen LogP contribution in [-0.2, 0) is 9.59 Å². The van der Waals surface area contributed by atoms with Crippen molar-refractivity contribution in [3.63, 3.8) is 0 Å². The highest BCUT2D eigenvalue weighted by molar-refractivity contribution is 5.84. The lowest BCUT2D eigenvalue weighted by molar-refractivity contribution is -0.137. The van der Waals surface area contributed by atoms with Crippen LogP contribution >= 0.6 is 0 Å². The van der Waals surface area contributed by atoms with Gasteiger partial charge in [0.25, 0.3) is 0 Å². The summed E-state index contributed by atoms with van der Waals surface area (Å²) in [5.74, 6) is 0.908. The van der Waals surface area contributed by atoms with Gasteiger partial charge in [-0.1, -0.05) is 13.0 Å². The summed E-state index contributed by atoms with van der Waals surface area (Å²) in [6, 6.07) is 4.06. The van der Waals surface area contributed by atoms with Crippen molar-refractivity contribution in [3.05, 3.63) is 30.1 Å².